The Kier molecular flexibility index (Phi) is 6.45. The number of nitrogens with zero attached hydrogens (tertiary/aromatic N) is 2. The number of carbonyl (C=O) groups excluding carboxylic acids is 1. The second kappa shape index (κ2) is 8.84. The van der Waals surface area contributed by atoms with Gasteiger partial charge in [-0.15, -0.1) is 0 Å². The van der Waals surface area contributed by atoms with Gasteiger partial charge < -0.3 is 15.3 Å². The first-order valence-corrected chi connectivity index (χ1v) is 9.91. The predicted octanol–water partition coefficient (Wildman–Crippen LogP) is 5.41. The third kappa shape index (κ3) is 5.08. The molecule has 1 saturated heterocycles. The first-order valence-electron chi connectivity index (χ1n) is 9.15. The third-order valence-electron chi connectivity index (χ3n) is 4.98. The largest absolute Gasteiger partial charge is 0.465 e. The van der Waals surface area contributed by atoms with Gasteiger partial charge in [0, 0.05) is 30.0 Å². The van der Waals surface area contributed by atoms with Crippen LogP contribution in [0.25, 0.3) is 6.08 Å². The van der Waals surface area contributed by atoms with Crippen molar-refractivity contribution >= 4 is 47.0 Å². The molecule has 6 nitrogen and oxygen atoms in total. The number of carboxylic acid groups (broad SMARTS) is 1. The van der Waals surface area contributed by atoms with Crippen molar-refractivity contribution in [1.82, 2.24) is 9.88 Å². The topological polar surface area (TPSA) is 82.5 Å². The Labute approximate surface area is 179 Å². The number of pyridine rings is 1. The van der Waals surface area contributed by atoms with Crippen molar-refractivity contribution in [2.45, 2.75) is 26.7 Å². The quantitative estimate of drug-likeness (QED) is 0.676. The van der Waals surface area contributed by atoms with Crippen LogP contribution in [-0.4, -0.2) is 40.1 Å². The maximum atomic E-state index is 12.6. The number of carbonyl (C=O) groups is 2. The van der Waals surface area contributed by atoms with Gasteiger partial charge in [-0.2, -0.15) is 0 Å². The summed E-state index contributed by atoms with van der Waals surface area (Å²) in [5.41, 5.74) is 4.55. The van der Waals surface area contributed by atoms with Crippen molar-refractivity contribution in [3.8, 4) is 0 Å². The van der Waals surface area contributed by atoms with E-state index in [4.69, 9.17) is 28.3 Å². The van der Waals surface area contributed by atoms with E-state index in [0.717, 1.165) is 16.7 Å². The molecule has 1 aromatic heterocycles. The lowest BCUT2D eigenvalue weighted by molar-refractivity contribution is 0.102. The van der Waals surface area contributed by atoms with Crippen LogP contribution in [0.4, 0.5) is 10.5 Å². The van der Waals surface area contributed by atoms with E-state index in [2.05, 4.69) is 10.3 Å². The molecular formula is C21H21Cl2N3O3. The molecule has 29 heavy (non-hydrogen) atoms. The molecule has 2 heterocycles. The molecule has 0 bridgehead atoms. The van der Waals surface area contributed by atoms with E-state index in [9.17, 15) is 9.59 Å². The van der Waals surface area contributed by atoms with Gasteiger partial charge in [0.2, 0.25) is 0 Å². The number of piperidine rings is 1. The van der Waals surface area contributed by atoms with Crippen LogP contribution in [0.1, 0.15) is 40.0 Å². The zero-order valence-electron chi connectivity index (χ0n) is 16.1. The molecule has 0 saturated carbocycles. The summed E-state index contributed by atoms with van der Waals surface area (Å²) in [6, 6.07) is 5.12. The van der Waals surface area contributed by atoms with Gasteiger partial charge in [0.25, 0.3) is 5.91 Å². The number of rotatable bonds is 3. The van der Waals surface area contributed by atoms with Crippen LogP contribution in [0, 0.1) is 13.8 Å². The van der Waals surface area contributed by atoms with Gasteiger partial charge in [0.1, 0.15) is 0 Å². The standard InChI is InChI=1S/C21H21Cl2N3O3/c1-12-15(7-14-3-5-26(6-4-14)21(28)29)8-17(22)10-19(12)25-20(27)16-9-18(23)13(2)24-11-16/h7-11H,3-6H2,1-2H3,(H,25,27)(H,28,29). The molecule has 0 unspecified atom stereocenters. The number of nitrogens with one attached hydrogen (secondary N) is 1. The number of hydrogen-bond acceptors (Lipinski definition) is 3. The molecule has 1 aliphatic rings. The first-order chi connectivity index (χ1) is 13.7. The highest BCUT2D eigenvalue weighted by Crippen LogP contribution is 2.29. The van der Waals surface area contributed by atoms with E-state index in [1.807, 2.05) is 19.1 Å². The summed E-state index contributed by atoms with van der Waals surface area (Å²) < 4.78 is 0. The van der Waals surface area contributed by atoms with E-state index in [-0.39, 0.29) is 5.91 Å². The Morgan fingerprint density at radius 3 is 2.48 bits per heavy atom. The van der Waals surface area contributed by atoms with Crippen molar-refractivity contribution in [3.05, 3.63) is 62.4 Å². The van der Waals surface area contributed by atoms with Gasteiger partial charge in [-0.25, -0.2) is 4.79 Å². The lowest BCUT2D eigenvalue weighted by atomic mass is 9.98. The van der Waals surface area contributed by atoms with Crippen molar-refractivity contribution in [2.24, 2.45) is 0 Å². The molecule has 0 spiro atoms. The maximum Gasteiger partial charge on any atom is 0.407 e. The number of benzene rings is 1. The summed E-state index contributed by atoms with van der Waals surface area (Å²) in [5, 5.41) is 12.9. The number of aryl methyl sites for hydroxylation is 1. The normalized spacial score (nSPS) is 13.9. The molecule has 2 aromatic rings. The second-order valence-electron chi connectivity index (χ2n) is 6.99. The van der Waals surface area contributed by atoms with E-state index in [1.54, 1.807) is 19.1 Å². The average Bonchev–Trinajstić information content (AvgIpc) is 2.68. The molecule has 0 atom stereocenters. The zero-order valence-corrected chi connectivity index (χ0v) is 17.6. The Balaban J connectivity index is 1.82. The monoisotopic (exact) mass is 433 g/mol. The summed E-state index contributed by atoms with van der Waals surface area (Å²) in [4.78, 5) is 29.2. The van der Waals surface area contributed by atoms with Crippen LogP contribution in [0.2, 0.25) is 10.0 Å². The average molecular weight is 434 g/mol. The van der Waals surface area contributed by atoms with Gasteiger partial charge in [-0.05, 0) is 56.0 Å². The third-order valence-corrected chi connectivity index (χ3v) is 5.58. The summed E-state index contributed by atoms with van der Waals surface area (Å²) in [6.45, 7) is 4.63. The minimum absolute atomic E-state index is 0.321. The second-order valence-corrected chi connectivity index (χ2v) is 7.83. The van der Waals surface area contributed by atoms with Gasteiger partial charge in [0.05, 0.1) is 16.3 Å². The predicted molar refractivity (Wildman–Crippen MR) is 115 cm³/mol. The van der Waals surface area contributed by atoms with E-state index < -0.39 is 6.09 Å². The zero-order chi connectivity index (χ0) is 21.1. The molecule has 2 amide bonds. The van der Waals surface area contributed by atoms with Crippen LogP contribution in [0.3, 0.4) is 0 Å². The van der Waals surface area contributed by atoms with E-state index in [1.165, 1.54) is 11.1 Å². The number of hydrogen-bond donors (Lipinski definition) is 2. The van der Waals surface area contributed by atoms with Crippen LogP contribution < -0.4 is 5.32 Å². The van der Waals surface area contributed by atoms with E-state index >= 15 is 0 Å². The molecule has 0 aliphatic carbocycles. The van der Waals surface area contributed by atoms with Crippen LogP contribution >= 0.6 is 23.2 Å². The highest BCUT2D eigenvalue weighted by molar-refractivity contribution is 6.32. The fourth-order valence-electron chi connectivity index (χ4n) is 3.15. The maximum absolute atomic E-state index is 12.6. The van der Waals surface area contributed by atoms with Crippen molar-refractivity contribution in [2.75, 3.05) is 18.4 Å². The lowest BCUT2D eigenvalue weighted by Gasteiger charge is -2.26. The van der Waals surface area contributed by atoms with Crippen LogP contribution in [-0.2, 0) is 0 Å². The van der Waals surface area contributed by atoms with Gasteiger partial charge in [-0.3, -0.25) is 9.78 Å². The van der Waals surface area contributed by atoms with Crippen LogP contribution in [0.5, 0.6) is 0 Å². The SMILES string of the molecule is Cc1ncc(C(=O)Nc2cc(Cl)cc(C=C3CCN(C(=O)O)CC3)c2C)cc1Cl. The number of likely N-dealkylation sites (tertiary alicyclic amines) is 1. The molecular weight excluding hydrogens is 413 g/mol. The van der Waals surface area contributed by atoms with Crippen molar-refractivity contribution in [1.29, 1.82) is 0 Å². The minimum Gasteiger partial charge on any atom is -0.465 e. The number of halogens is 2. The van der Waals surface area contributed by atoms with Gasteiger partial charge in [0.15, 0.2) is 0 Å². The van der Waals surface area contributed by atoms with Crippen molar-refractivity contribution < 1.29 is 14.7 Å². The molecule has 3 rings (SSSR count). The molecule has 1 fully saturated rings. The molecule has 1 aliphatic heterocycles. The fourth-order valence-corrected chi connectivity index (χ4v) is 3.55. The first kappa shape index (κ1) is 21.1. The summed E-state index contributed by atoms with van der Waals surface area (Å²) >= 11 is 12.3. The highest BCUT2D eigenvalue weighted by Gasteiger charge is 2.18. The lowest BCUT2D eigenvalue weighted by Crippen LogP contribution is -2.35. The molecule has 2 N–H and O–H groups in total. The number of amides is 2. The van der Waals surface area contributed by atoms with Gasteiger partial charge >= 0.3 is 6.09 Å². The fraction of sp³-hybridized carbons (Fsp3) is 0.286. The van der Waals surface area contributed by atoms with Gasteiger partial charge in [-0.1, -0.05) is 34.9 Å². The summed E-state index contributed by atoms with van der Waals surface area (Å²) in [7, 11) is 0. The Hall–Kier alpha value is -2.57. The highest BCUT2D eigenvalue weighted by atomic mass is 35.5. The summed E-state index contributed by atoms with van der Waals surface area (Å²) in [6.07, 6.45) is 3.97. The minimum atomic E-state index is -0.890. The number of aromatic nitrogens is 1. The Morgan fingerprint density at radius 2 is 1.86 bits per heavy atom. The van der Waals surface area contributed by atoms with Crippen LogP contribution in [0.15, 0.2) is 30.0 Å². The number of anilines is 1. The van der Waals surface area contributed by atoms with Crippen molar-refractivity contribution in [3.63, 3.8) is 0 Å². The molecule has 0 radical (unpaired) electrons. The summed E-state index contributed by atoms with van der Waals surface area (Å²) in [5.74, 6) is -0.321. The Bertz CT molecular complexity index is 995. The molecule has 8 heteroatoms. The Morgan fingerprint density at radius 1 is 1.17 bits per heavy atom. The molecule has 152 valence electrons. The van der Waals surface area contributed by atoms with E-state index in [0.29, 0.717) is 52.9 Å². The molecule has 1 aromatic carbocycles. The smallest absolute Gasteiger partial charge is 0.407 e.